The number of likely N-dealkylation sites (tertiary alicyclic amines) is 1. The van der Waals surface area contributed by atoms with E-state index in [9.17, 15) is 19.5 Å². The second-order valence-electron chi connectivity index (χ2n) is 10.4. The Morgan fingerprint density at radius 2 is 1.97 bits per heavy atom. The van der Waals surface area contributed by atoms with E-state index in [0.717, 1.165) is 16.8 Å². The molecule has 0 saturated carbocycles. The zero-order valence-electron chi connectivity index (χ0n) is 22.0. The number of amides is 2. The molecule has 3 aliphatic heterocycles. The summed E-state index contributed by atoms with van der Waals surface area (Å²) in [5.74, 6) is -2.72. The minimum Gasteiger partial charge on any atom is -0.466 e. The van der Waals surface area contributed by atoms with Crippen LogP contribution in [-0.2, 0) is 23.9 Å². The summed E-state index contributed by atoms with van der Waals surface area (Å²) < 4.78 is 12.0. The van der Waals surface area contributed by atoms with Crippen molar-refractivity contribution in [2.45, 2.75) is 77.2 Å². The lowest BCUT2D eigenvalue weighted by atomic mass is 9.66. The third-order valence-corrected chi connectivity index (χ3v) is 8.35. The van der Waals surface area contributed by atoms with Crippen LogP contribution >= 0.6 is 0 Å². The Bertz CT molecular complexity index is 1050. The van der Waals surface area contributed by atoms with Gasteiger partial charge in [0.2, 0.25) is 5.91 Å². The lowest BCUT2D eigenvalue weighted by Gasteiger charge is -2.39. The Kier molecular flexibility index (Phi) is 7.05. The van der Waals surface area contributed by atoms with Gasteiger partial charge in [0, 0.05) is 12.2 Å². The molecule has 1 aromatic carbocycles. The normalized spacial score (nSPS) is 31.3. The first-order valence-corrected chi connectivity index (χ1v) is 12.9. The van der Waals surface area contributed by atoms with Crippen molar-refractivity contribution in [1.82, 2.24) is 4.90 Å². The first-order valence-electron chi connectivity index (χ1n) is 12.9. The van der Waals surface area contributed by atoms with Crippen LogP contribution in [0.5, 0.6) is 0 Å². The number of hydrogen-bond donors (Lipinski definition) is 1. The van der Waals surface area contributed by atoms with Gasteiger partial charge in [-0.05, 0) is 58.1 Å². The zero-order chi connectivity index (χ0) is 26.4. The molecule has 0 aliphatic carbocycles. The van der Waals surface area contributed by atoms with Crippen LogP contribution in [-0.4, -0.2) is 70.8 Å². The molecule has 0 radical (unpaired) electrons. The first kappa shape index (κ1) is 26.4. The van der Waals surface area contributed by atoms with Crippen LogP contribution in [0.1, 0.15) is 51.2 Å². The monoisotopic (exact) mass is 498 g/mol. The fourth-order valence-corrected chi connectivity index (χ4v) is 6.84. The van der Waals surface area contributed by atoms with Gasteiger partial charge in [-0.25, -0.2) is 0 Å². The molecule has 36 heavy (non-hydrogen) atoms. The number of ether oxygens (including phenoxy) is 2. The van der Waals surface area contributed by atoms with E-state index in [-0.39, 0.29) is 31.6 Å². The number of rotatable bonds is 9. The summed E-state index contributed by atoms with van der Waals surface area (Å²) in [4.78, 5) is 45.0. The van der Waals surface area contributed by atoms with Gasteiger partial charge in [-0.2, -0.15) is 0 Å². The smallest absolute Gasteiger partial charge is 0.312 e. The highest BCUT2D eigenvalue weighted by atomic mass is 16.6. The molecule has 2 amide bonds. The summed E-state index contributed by atoms with van der Waals surface area (Å²) in [7, 11) is 0. The molecule has 8 nitrogen and oxygen atoms in total. The average Bonchev–Trinajstić information content (AvgIpc) is 3.40. The molecule has 0 aromatic heterocycles. The Balaban J connectivity index is 1.88. The maximum Gasteiger partial charge on any atom is 0.312 e. The number of para-hydroxylation sites is 1. The summed E-state index contributed by atoms with van der Waals surface area (Å²) in [6.07, 6.45) is 3.14. The van der Waals surface area contributed by atoms with Crippen molar-refractivity contribution in [2.24, 2.45) is 11.8 Å². The SMILES string of the molecule is C=CCN(C(=O)C1N([C@@H](CC)CO)C(=O)[C@@H]2[C@H](C(=O)OCC)[C@]3(C)CCC12O3)c1c(C)cccc1C. The largest absolute Gasteiger partial charge is 0.466 e. The van der Waals surface area contributed by atoms with Gasteiger partial charge in [-0.1, -0.05) is 31.2 Å². The fraction of sp³-hybridized carbons (Fsp3) is 0.607. The van der Waals surface area contributed by atoms with Crippen LogP contribution in [0, 0.1) is 25.7 Å². The highest BCUT2D eigenvalue weighted by Gasteiger charge is 2.79. The first-order chi connectivity index (χ1) is 17.1. The minimum atomic E-state index is -1.17. The molecule has 3 aliphatic rings. The topological polar surface area (TPSA) is 96.4 Å². The molecule has 3 heterocycles. The van der Waals surface area contributed by atoms with Crippen LogP contribution in [0.25, 0.3) is 0 Å². The molecular formula is C28H38N2O6. The average molecular weight is 499 g/mol. The molecular weight excluding hydrogens is 460 g/mol. The Labute approximate surface area is 213 Å². The van der Waals surface area contributed by atoms with Crippen molar-refractivity contribution in [3.8, 4) is 0 Å². The highest BCUT2D eigenvalue weighted by molar-refractivity contribution is 6.05. The molecule has 1 spiro atoms. The predicted molar refractivity (Wildman–Crippen MR) is 135 cm³/mol. The Morgan fingerprint density at radius 1 is 1.31 bits per heavy atom. The van der Waals surface area contributed by atoms with Gasteiger partial charge in [-0.15, -0.1) is 6.58 Å². The number of carbonyl (C=O) groups is 3. The lowest BCUT2D eigenvalue weighted by molar-refractivity contribution is -0.160. The van der Waals surface area contributed by atoms with Gasteiger partial charge in [0.25, 0.3) is 5.91 Å². The van der Waals surface area contributed by atoms with Crippen molar-refractivity contribution in [3.63, 3.8) is 0 Å². The fourth-order valence-electron chi connectivity index (χ4n) is 6.84. The van der Waals surface area contributed by atoms with Crippen molar-refractivity contribution < 1.29 is 29.0 Å². The number of anilines is 1. The number of aliphatic hydroxyl groups excluding tert-OH is 1. The number of nitrogens with zero attached hydrogens (tertiary/aromatic N) is 2. The second-order valence-corrected chi connectivity index (χ2v) is 10.4. The van der Waals surface area contributed by atoms with E-state index < -0.39 is 41.1 Å². The number of esters is 1. The zero-order valence-corrected chi connectivity index (χ0v) is 22.0. The van der Waals surface area contributed by atoms with Crippen LogP contribution in [0.2, 0.25) is 0 Å². The third-order valence-electron chi connectivity index (χ3n) is 8.35. The highest BCUT2D eigenvalue weighted by Crippen LogP contribution is 2.63. The Morgan fingerprint density at radius 3 is 2.53 bits per heavy atom. The van der Waals surface area contributed by atoms with E-state index in [0.29, 0.717) is 19.3 Å². The Hall–Kier alpha value is -2.71. The van der Waals surface area contributed by atoms with Gasteiger partial charge in [-0.3, -0.25) is 14.4 Å². The summed E-state index contributed by atoms with van der Waals surface area (Å²) in [5, 5.41) is 10.2. The quantitative estimate of drug-likeness (QED) is 0.416. The molecule has 2 unspecified atom stereocenters. The predicted octanol–water partition coefficient (Wildman–Crippen LogP) is 2.92. The molecule has 3 fully saturated rings. The van der Waals surface area contributed by atoms with Crippen molar-refractivity contribution in [3.05, 3.63) is 42.0 Å². The summed E-state index contributed by atoms with van der Waals surface area (Å²) >= 11 is 0. The molecule has 1 N–H and O–H groups in total. The van der Waals surface area contributed by atoms with E-state index in [1.54, 1.807) is 17.9 Å². The summed E-state index contributed by atoms with van der Waals surface area (Å²) in [6.45, 7) is 13.4. The van der Waals surface area contributed by atoms with Crippen molar-refractivity contribution in [1.29, 1.82) is 0 Å². The summed E-state index contributed by atoms with van der Waals surface area (Å²) in [6, 6.07) is 4.28. The molecule has 4 rings (SSSR count). The van der Waals surface area contributed by atoms with Gasteiger partial charge in [0.1, 0.15) is 17.6 Å². The molecule has 8 heteroatoms. The third kappa shape index (κ3) is 3.68. The maximum atomic E-state index is 14.6. The van der Waals surface area contributed by atoms with E-state index >= 15 is 0 Å². The number of hydrogen-bond acceptors (Lipinski definition) is 6. The molecule has 1 aromatic rings. The standard InChI is InChI=1S/C28H38N2O6/c1-7-15-29(22-17(4)11-10-12-18(22)5)25(33)23-28-14-13-27(6,36-28)21(26(34)35-9-3)20(28)24(32)30(23)19(8-2)16-31/h7,10-12,19-21,23,31H,1,8-9,13-16H2,2-6H3/t19-,20-,21+,23?,27-,28?/m0/s1. The van der Waals surface area contributed by atoms with E-state index in [4.69, 9.17) is 9.47 Å². The van der Waals surface area contributed by atoms with E-state index in [2.05, 4.69) is 6.58 Å². The van der Waals surface area contributed by atoms with Crippen molar-refractivity contribution in [2.75, 3.05) is 24.7 Å². The van der Waals surface area contributed by atoms with E-state index in [1.807, 2.05) is 45.9 Å². The van der Waals surface area contributed by atoms with Gasteiger partial charge in [0.15, 0.2) is 0 Å². The number of aryl methyl sites for hydroxylation is 2. The number of fused-ring (bicyclic) bond motifs is 1. The van der Waals surface area contributed by atoms with Crippen LogP contribution in [0.15, 0.2) is 30.9 Å². The number of carbonyl (C=O) groups excluding carboxylic acids is 3. The molecule has 196 valence electrons. The van der Waals surface area contributed by atoms with Crippen LogP contribution in [0.4, 0.5) is 5.69 Å². The number of aliphatic hydroxyl groups is 1. The van der Waals surface area contributed by atoms with Crippen LogP contribution in [0.3, 0.4) is 0 Å². The number of benzene rings is 1. The van der Waals surface area contributed by atoms with Gasteiger partial charge in [0.05, 0.1) is 30.8 Å². The molecule has 2 bridgehead atoms. The summed E-state index contributed by atoms with van der Waals surface area (Å²) in [5.41, 5.74) is 0.570. The lowest BCUT2D eigenvalue weighted by Crippen LogP contribution is -2.59. The molecule has 6 atom stereocenters. The van der Waals surface area contributed by atoms with Gasteiger partial charge < -0.3 is 24.4 Å². The molecule has 3 saturated heterocycles. The second kappa shape index (κ2) is 9.63. The van der Waals surface area contributed by atoms with E-state index in [1.165, 1.54) is 4.90 Å². The minimum absolute atomic E-state index is 0.194. The van der Waals surface area contributed by atoms with Gasteiger partial charge >= 0.3 is 5.97 Å². The van der Waals surface area contributed by atoms with Crippen LogP contribution < -0.4 is 4.90 Å². The maximum absolute atomic E-state index is 14.6. The van der Waals surface area contributed by atoms with Crippen molar-refractivity contribution >= 4 is 23.5 Å².